The highest BCUT2D eigenvalue weighted by Crippen LogP contribution is 2.31. The molecule has 7 nitrogen and oxygen atoms in total. The number of amides is 2. The second-order valence-corrected chi connectivity index (χ2v) is 10.7. The number of halogens is 2. The van der Waals surface area contributed by atoms with Crippen molar-refractivity contribution in [1.82, 2.24) is 10.2 Å². The summed E-state index contributed by atoms with van der Waals surface area (Å²) in [6, 6.07) is 13.7. The second kappa shape index (κ2) is 13.0. The molecule has 0 aliphatic heterocycles. The van der Waals surface area contributed by atoms with Crippen molar-refractivity contribution in [3.05, 3.63) is 64.1 Å². The van der Waals surface area contributed by atoms with Gasteiger partial charge in [0.2, 0.25) is 21.8 Å². The first kappa shape index (κ1) is 28.0. The number of sulfonamides is 1. The van der Waals surface area contributed by atoms with Crippen LogP contribution in [-0.4, -0.2) is 57.1 Å². The fourth-order valence-electron chi connectivity index (χ4n) is 3.55. The first-order valence-electron chi connectivity index (χ1n) is 11.1. The maximum Gasteiger partial charge on any atom is 0.242 e. The van der Waals surface area contributed by atoms with Crippen LogP contribution in [0.25, 0.3) is 0 Å². The van der Waals surface area contributed by atoms with Crippen LogP contribution in [-0.2, 0) is 26.0 Å². The number of benzene rings is 2. The fraction of sp³-hybridized carbons (Fsp3) is 0.417. The van der Waals surface area contributed by atoms with E-state index in [1.54, 1.807) is 17.9 Å². The molecule has 0 unspecified atom stereocenters. The Kier molecular flexibility index (Phi) is 10.7. The normalized spacial score (nSPS) is 12.1. The first-order chi connectivity index (χ1) is 16.0. The van der Waals surface area contributed by atoms with Crippen LogP contribution in [0.4, 0.5) is 5.69 Å². The zero-order valence-electron chi connectivity index (χ0n) is 19.6. The summed E-state index contributed by atoms with van der Waals surface area (Å²) in [6.45, 7) is 4.40. The van der Waals surface area contributed by atoms with Gasteiger partial charge in [-0.15, -0.1) is 0 Å². The van der Waals surface area contributed by atoms with Gasteiger partial charge < -0.3 is 10.2 Å². The number of rotatable bonds is 12. The lowest BCUT2D eigenvalue weighted by Crippen LogP contribution is -2.48. The monoisotopic (exact) mass is 527 g/mol. The molecule has 2 rings (SSSR count). The Bertz CT molecular complexity index is 1080. The quantitative estimate of drug-likeness (QED) is 0.449. The summed E-state index contributed by atoms with van der Waals surface area (Å²) in [5.41, 5.74) is 1.32. The molecular weight excluding hydrogens is 497 g/mol. The van der Waals surface area contributed by atoms with Crippen LogP contribution in [0.3, 0.4) is 0 Å². The lowest BCUT2D eigenvalue weighted by Gasteiger charge is -2.29. The van der Waals surface area contributed by atoms with E-state index in [2.05, 4.69) is 5.32 Å². The molecule has 186 valence electrons. The van der Waals surface area contributed by atoms with Crippen molar-refractivity contribution in [1.29, 1.82) is 0 Å². The standard InChI is InChI=1S/C24H31Cl2N3O4S/c1-4-27-24(31)18(2)28(16-14-19-9-6-5-7-10-19)23(30)11-8-15-29(34(3,32)33)22-17-20(25)12-13-21(22)26/h5-7,9-10,12-13,17-18H,4,8,11,14-16H2,1-3H3,(H,27,31)/t18-/m1/s1. The van der Waals surface area contributed by atoms with Crippen LogP contribution >= 0.6 is 23.2 Å². The number of nitrogens with one attached hydrogen (secondary N) is 1. The third kappa shape index (κ3) is 8.18. The minimum Gasteiger partial charge on any atom is -0.355 e. The molecule has 10 heteroatoms. The molecule has 2 aromatic rings. The van der Waals surface area contributed by atoms with Crippen molar-refractivity contribution in [2.75, 3.05) is 30.2 Å². The SMILES string of the molecule is CCNC(=O)[C@@H](C)N(CCc1ccccc1)C(=O)CCCN(c1cc(Cl)ccc1Cl)S(C)(=O)=O. The van der Waals surface area contributed by atoms with Gasteiger partial charge in [-0.3, -0.25) is 13.9 Å². The van der Waals surface area contributed by atoms with Crippen molar-refractivity contribution in [2.24, 2.45) is 0 Å². The van der Waals surface area contributed by atoms with E-state index in [-0.39, 0.29) is 41.9 Å². The Morgan fingerprint density at radius 3 is 2.35 bits per heavy atom. The third-order valence-corrected chi connectivity index (χ3v) is 7.07. The van der Waals surface area contributed by atoms with E-state index < -0.39 is 16.1 Å². The number of anilines is 1. The summed E-state index contributed by atoms with van der Waals surface area (Å²) >= 11 is 12.2. The molecule has 0 saturated heterocycles. The zero-order valence-corrected chi connectivity index (χ0v) is 22.0. The van der Waals surface area contributed by atoms with Gasteiger partial charge in [0.05, 0.1) is 17.0 Å². The fourth-order valence-corrected chi connectivity index (χ4v) is 4.96. The van der Waals surface area contributed by atoms with Gasteiger partial charge in [-0.25, -0.2) is 8.42 Å². The summed E-state index contributed by atoms with van der Waals surface area (Å²) < 4.78 is 26.0. The highest BCUT2D eigenvalue weighted by atomic mass is 35.5. The summed E-state index contributed by atoms with van der Waals surface area (Å²) in [7, 11) is -3.66. The Hall–Kier alpha value is -2.29. The number of carbonyl (C=O) groups excluding carboxylic acids is 2. The van der Waals surface area contributed by atoms with Gasteiger partial charge in [0, 0.05) is 31.1 Å². The predicted molar refractivity (Wildman–Crippen MR) is 138 cm³/mol. The van der Waals surface area contributed by atoms with Crippen molar-refractivity contribution < 1.29 is 18.0 Å². The third-order valence-electron chi connectivity index (χ3n) is 5.33. The van der Waals surface area contributed by atoms with Crippen LogP contribution < -0.4 is 9.62 Å². The summed E-state index contributed by atoms with van der Waals surface area (Å²) in [4.78, 5) is 27.1. The first-order valence-corrected chi connectivity index (χ1v) is 13.7. The van der Waals surface area contributed by atoms with Crippen LogP contribution in [0.1, 0.15) is 32.3 Å². The molecule has 0 radical (unpaired) electrons. The Balaban J connectivity index is 2.12. The number of hydrogen-bond acceptors (Lipinski definition) is 4. The van der Waals surface area contributed by atoms with Gasteiger partial charge in [0.1, 0.15) is 6.04 Å². The molecule has 0 saturated carbocycles. The lowest BCUT2D eigenvalue weighted by molar-refractivity contribution is -0.139. The molecule has 0 bridgehead atoms. The Labute approximate surface area is 212 Å². The van der Waals surface area contributed by atoms with E-state index in [9.17, 15) is 18.0 Å². The number of nitrogens with zero attached hydrogens (tertiary/aromatic N) is 2. The topological polar surface area (TPSA) is 86.8 Å². The van der Waals surface area contributed by atoms with Gasteiger partial charge in [0.15, 0.2) is 0 Å². The average Bonchev–Trinajstić information content (AvgIpc) is 2.78. The van der Waals surface area contributed by atoms with E-state index in [1.807, 2.05) is 37.3 Å². The molecule has 0 spiro atoms. The van der Waals surface area contributed by atoms with Crippen molar-refractivity contribution in [2.45, 2.75) is 39.2 Å². The molecule has 2 aromatic carbocycles. The van der Waals surface area contributed by atoms with Gasteiger partial charge >= 0.3 is 0 Å². The van der Waals surface area contributed by atoms with Crippen molar-refractivity contribution in [3.63, 3.8) is 0 Å². The number of likely N-dealkylation sites (N-methyl/N-ethyl adjacent to an activating group) is 1. The predicted octanol–water partition coefficient (Wildman–Crippen LogP) is 4.14. The van der Waals surface area contributed by atoms with Crippen LogP contribution in [0.15, 0.2) is 48.5 Å². The van der Waals surface area contributed by atoms with Gasteiger partial charge in [0.25, 0.3) is 0 Å². The molecule has 34 heavy (non-hydrogen) atoms. The minimum atomic E-state index is -3.66. The molecule has 2 amide bonds. The van der Waals surface area contributed by atoms with Crippen molar-refractivity contribution >= 4 is 50.7 Å². The highest BCUT2D eigenvalue weighted by molar-refractivity contribution is 7.92. The Morgan fingerprint density at radius 1 is 1.06 bits per heavy atom. The van der Waals surface area contributed by atoms with E-state index in [1.165, 1.54) is 12.1 Å². The van der Waals surface area contributed by atoms with E-state index in [0.29, 0.717) is 24.5 Å². The van der Waals surface area contributed by atoms with Gasteiger partial charge in [-0.1, -0.05) is 53.5 Å². The molecule has 0 aliphatic carbocycles. The van der Waals surface area contributed by atoms with Gasteiger partial charge in [-0.05, 0) is 50.5 Å². The molecule has 0 heterocycles. The summed E-state index contributed by atoms with van der Waals surface area (Å²) in [6.07, 6.45) is 2.00. The molecule has 1 atom stereocenters. The van der Waals surface area contributed by atoms with E-state index in [0.717, 1.165) is 16.1 Å². The maximum atomic E-state index is 13.1. The lowest BCUT2D eigenvalue weighted by atomic mass is 10.1. The Morgan fingerprint density at radius 2 is 1.74 bits per heavy atom. The van der Waals surface area contributed by atoms with E-state index >= 15 is 0 Å². The molecular formula is C24H31Cl2N3O4S. The summed E-state index contributed by atoms with van der Waals surface area (Å²) in [5, 5.41) is 3.36. The number of carbonyl (C=O) groups is 2. The molecule has 0 aliphatic rings. The van der Waals surface area contributed by atoms with Crippen LogP contribution in [0.5, 0.6) is 0 Å². The van der Waals surface area contributed by atoms with Crippen molar-refractivity contribution in [3.8, 4) is 0 Å². The zero-order chi connectivity index (χ0) is 25.3. The summed E-state index contributed by atoms with van der Waals surface area (Å²) in [5.74, 6) is -0.451. The molecule has 1 N–H and O–H groups in total. The number of hydrogen-bond donors (Lipinski definition) is 1. The molecule has 0 fully saturated rings. The van der Waals surface area contributed by atoms with Crippen LogP contribution in [0.2, 0.25) is 10.0 Å². The minimum absolute atomic E-state index is 0.0483. The largest absolute Gasteiger partial charge is 0.355 e. The average molecular weight is 529 g/mol. The maximum absolute atomic E-state index is 13.1. The van der Waals surface area contributed by atoms with Gasteiger partial charge in [-0.2, -0.15) is 0 Å². The smallest absolute Gasteiger partial charge is 0.242 e. The second-order valence-electron chi connectivity index (χ2n) is 7.93. The molecule has 0 aromatic heterocycles. The highest BCUT2D eigenvalue weighted by Gasteiger charge is 2.26. The van der Waals surface area contributed by atoms with E-state index in [4.69, 9.17) is 23.2 Å². The van der Waals surface area contributed by atoms with Crippen LogP contribution in [0, 0.1) is 0 Å².